The Balaban J connectivity index is 2.77. The number of aryl methyl sites for hydroxylation is 1. The average molecular weight is 190 g/mol. The number of rotatable bonds is 4. The number of para-hydroxylation sites is 1. The van der Waals surface area contributed by atoms with Gasteiger partial charge in [-0.3, -0.25) is 0 Å². The van der Waals surface area contributed by atoms with Crippen LogP contribution < -0.4 is 4.74 Å². The molecule has 0 saturated carbocycles. The second-order valence-electron chi connectivity index (χ2n) is 3.83. The predicted octanol–water partition coefficient (Wildman–Crippen LogP) is 3.58. The summed E-state index contributed by atoms with van der Waals surface area (Å²) in [6.07, 6.45) is 1.95. The van der Waals surface area contributed by atoms with Crippen molar-refractivity contribution in [2.24, 2.45) is 5.92 Å². The normalized spacial score (nSPS) is 12.6. The first-order chi connectivity index (χ1) is 6.65. The van der Waals surface area contributed by atoms with E-state index in [0.717, 1.165) is 5.75 Å². The van der Waals surface area contributed by atoms with Gasteiger partial charge in [0.25, 0.3) is 0 Å². The third-order valence-electron chi connectivity index (χ3n) is 2.25. The summed E-state index contributed by atoms with van der Waals surface area (Å²) in [7, 11) is 0. The topological polar surface area (TPSA) is 9.23 Å². The Morgan fingerprint density at radius 3 is 2.43 bits per heavy atom. The van der Waals surface area contributed by atoms with E-state index in [1.54, 1.807) is 0 Å². The number of ether oxygens (including phenoxy) is 1. The van der Waals surface area contributed by atoms with Crippen LogP contribution in [0.5, 0.6) is 5.75 Å². The zero-order valence-corrected chi connectivity index (χ0v) is 9.16. The first-order valence-corrected chi connectivity index (χ1v) is 5.00. The van der Waals surface area contributed by atoms with Gasteiger partial charge in [-0.15, -0.1) is 0 Å². The molecule has 1 nitrogen and oxygen atoms in total. The van der Waals surface area contributed by atoms with Crippen LogP contribution in [0.2, 0.25) is 0 Å². The fourth-order valence-electron chi connectivity index (χ4n) is 1.29. The summed E-state index contributed by atoms with van der Waals surface area (Å²) >= 11 is 0. The average Bonchev–Trinajstić information content (AvgIpc) is 2.16. The van der Waals surface area contributed by atoms with E-state index in [1.807, 2.05) is 24.3 Å². The molecule has 1 aromatic rings. The summed E-state index contributed by atoms with van der Waals surface area (Å²) in [5.74, 6) is 1.40. The predicted molar refractivity (Wildman–Crippen MR) is 60.6 cm³/mol. The molecule has 1 aromatic carbocycles. The van der Waals surface area contributed by atoms with Gasteiger partial charge in [-0.25, -0.2) is 0 Å². The van der Waals surface area contributed by atoms with Gasteiger partial charge < -0.3 is 4.74 Å². The number of hydrogen-bond donors (Lipinski definition) is 0. The third-order valence-corrected chi connectivity index (χ3v) is 2.25. The van der Waals surface area contributed by atoms with Gasteiger partial charge in [0.1, 0.15) is 11.9 Å². The SMILES string of the molecule is C=CC(Oc1ccccc1C)C(C)C. The van der Waals surface area contributed by atoms with Crippen molar-refractivity contribution < 1.29 is 4.74 Å². The first-order valence-electron chi connectivity index (χ1n) is 5.00. The zero-order valence-electron chi connectivity index (χ0n) is 9.16. The van der Waals surface area contributed by atoms with Gasteiger partial charge in [0.2, 0.25) is 0 Å². The zero-order chi connectivity index (χ0) is 10.6. The molecule has 0 N–H and O–H groups in total. The van der Waals surface area contributed by atoms with Crippen LogP contribution >= 0.6 is 0 Å². The van der Waals surface area contributed by atoms with Crippen molar-refractivity contribution in [1.29, 1.82) is 0 Å². The summed E-state index contributed by atoms with van der Waals surface area (Å²) < 4.78 is 5.84. The molecular formula is C13H18O. The minimum absolute atomic E-state index is 0.0936. The van der Waals surface area contributed by atoms with Crippen molar-refractivity contribution in [3.63, 3.8) is 0 Å². The van der Waals surface area contributed by atoms with Crippen molar-refractivity contribution in [1.82, 2.24) is 0 Å². The Labute approximate surface area is 86.4 Å². The van der Waals surface area contributed by atoms with Crippen LogP contribution in [-0.4, -0.2) is 6.10 Å². The van der Waals surface area contributed by atoms with E-state index in [1.165, 1.54) is 5.56 Å². The molecule has 0 fully saturated rings. The van der Waals surface area contributed by atoms with Crippen molar-refractivity contribution in [3.05, 3.63) is 42.5 Å². The van der Waals surface area contributed by atoms with Gasteiger partial charge in [0.05, 0.1) is 0 Å². The van der Waals surface area contributed by atoms with Crippen LogP contribution in [0, 0.1) is 12.8 Å². The fraction of sp³-hybridized carbons (Fsp3) is 0.385. The molecule has 1 atom stereocenters. The summed E-state index contributed by atoms with van der Waals surface area (Å²) in [4.78, 5) is 0. The first kappa shape index (κ1) is 10.8. The van der Waals surface area contributed by atoms with Gasteiger partial charge in [-0.2, -0.15) is 0 Å². The monoisotopic (exact) mass is 190 g/mol. The molecule has 14 heavy (non-hydrogen) atoms. The lowest BCUT2D eigenvalue weighted by Gasteiger charge is -2.20. The smallest absolute Gasteiger partial charge is 0.123 e. The quantitative estimate of drug-likeness (QED) is 0.659. The van der Waals surface area contributed by atoms with Gasteiger partial charge in [-0.1, -0.05) is 44.7 Å². The molecule has 0 amide bonds. The standard InChI is InChI=1S/C13H18O/c1-5-12(10(2)3)14-13-9-7-6-8-11(13)4/h5-10,12H,1H2,2-4H3. The molecule has 0 spiro atoms. The molecule has 0 aliphatic rings. The van der Waals surface area contributed by atoms with E-state index in [-0.39, 0.29) is 6.10 Å². The summed E-state index contributed by atoms with van der Waals surface area (Å²) in [6.45, 7) is 10.1. The summed E-state index contributed by atoms with van der Waals surface area (Å²) in [5.41, 5.74) is 1.17. The van der Waals surface area contributed by atoms with Crippen LogP contribution in [0.4, 0.5) is 0 Å². The highest BCUT2D eigenvalue weighted by Crippen LogP contribution is 2.20. The van der Waals surface area contributed by atoms with Crippen LogP contribution in [0.3, 0.4) is 0 Å². The van der Waals surface area contributed by atoms with E-state index < -0.39 is 0 Å². The maximum Gasteiger partial charge on any atom is 0.123 e. The van der Waals surface area contributed by atoms with Crippen molar-refractivity contribution in [2.45, 2.75) is 26.9 Å². The lowest BCUT2D eigenvalue weighted by atomic mass is 10.1. The van der Waals surface area contributed by atoms with Crippen LogP contribution in [-0.2, 0) is 0 Å². The largest absolute Gasteiger partial charge is 0.486 e. The van der Waals surface area contributed by atoms with Crippen molar-refractivity contribution >= 4 is 0 Å². The Morgan fingerprint density at radius 2 is 1.93 bits per heavy atom. The second-order valence-corrected chi connectivity index (χ2v) is 3.83. The summed E-state index contributed by atoms with van der Waals surface area (Å²) in [5, 5.41) is 0. The molecule has 0 radical (unpaired) electrons. The lowest BCUT2D eigenvalue weighted by Crippen LogP contribution is -2.20. The molecule has 0 bridgehead atoms. The number of hydrogen-bond acceptors (Lipinski definition) is 1. The second kappa shape index (κ2) is 4.85. The lowest BCUT2D eigenvalue weighted by molar-refractivity contribution is 0.197. The Morgan fingerprint density at radius 1 is 1.29 bits per heavy atom. The molecule has 1 rings (SSSR count). The molecule has 0 saturated heterocycles. The molecule has 0 aromatic heterocycles. The molecule has 1 unspecified atom stereocenters. The molecule has 1 heteroatoms. The van der Waals surface area contributed by atoms with Gasteiger partial charge >= 0.3 is 0 Å². The minimum atomic E-state index is 0.0936. The van der Waals surface area contributed by atoms with E-state index in [0.29, 0.717) is 5.92 Å². The third kappa shape index (κ3) is 2.63. The minimum Gasteiger partial charge on any atom is -0.486 e. The van der Waals surface area contributed by atoms with E-state index in [2.05, 4.69) is 33.4 Å². The van der Waals surface area contributed by atoms with E-state index in [4.69, 9.17) is 4.74 Å². The number of benzene rings is 1. The highest BCUT2D eigenvalue weighted by atomic mass is 16.5. The maximum absolute atomic E-state index is 5.84. The van der Waals surface area contributed by atoms with Crippen molar-refractivity contribution in [3.8, 4) is 5.75 Å². The Bertz CT molecular complexity index is 302. The molecule has 0 heterocycles. The highest BCUT2D eigenvalue weighted by Gasteiger charge is 2.11. The summed E-state index contributed by atoms with van der Waals surface area (Å²) in [6, 6.07) is 8.05. The van der Waals surface area contributed by atoms with Gasteiger partial charge in [0.15, 0.2) is 0 Å². The van der Waals surface area contributed by atoms with Crippen molar-refractivity contribution in [2.75, 3.05) is 0 Å². The van der Waals surface area contributed by atoms with E-state index >= 15 is 0 Å². The van der Waals surface area contributed by atoms with Gasteiger partial charge in [0, 0.05) is 0 Å². The fourth-order valence-corrected chi connectivity index (χ4v) is 1.29. The van der Waals surface area contributed by atoms with Crippen LogP contribution in [0.1, 0.15) is 19.4 Å². The molecule has 0 aliphatic carbocycles. The van der Waals surface area contributed by atoms with Gasteiger partial charge in [-0.05, 0) is 24.5 Å². The maximum atomic E-state index is 5.84. The highest BCUT2D eigenvalue weighted by molar-refractivity contribution is 5.32. The molecule has 0 aliphatic heterocycles. The van der Waals surface area contributed by atoms with Crippen LogP contribution in [0.25, 0.3) is 0 Å². The molecule has 76 valence electrons. The molecular weight excluding hydrogens is 172 g/mol. The van der Waals surface area contributed by atoms with E-state index in [9.17, 15) is 0 Å². The Kier molecular flexibility index (Phi) is 3.75. The Hall–Kier alpha value is -1.24. The van der Waals surface area contributed by atoms with Crippen LogP contribution in [0.15, 0.2) is 36.9 Å².